The average Bonchev–Trinajstić information content (AvgIpc) is 3.56. The maximum Gasteiger partial charge on any atom is 0.271 e. The number of hydrogen-bond acceptors (Lipinski definition) is 9. The van der Waals surface area contributed by atoms with Crippen LogP contribution in [0.4, 0.5) is 0 Å². The number of nitrogens with one attached hydrogen (secondary N) is 2. The van der Waals surface area contributed by atoms with Crippen LogP contribution in [-0.4, -0.2) is 54.6 Å². The number of aryl methyl sites for hydroxylation is 1. The fourth-order valence-electron chi connectivity index (χ4n) is 3.91. The number of rotatable bonds is 13. The van der Waals surface area contributed by atoms with E-state index in [1.54, 1.807) is 24.3 Å². The van der Waals surface area contributed by atoms with Crippen molar-refractivity contribution in [1.82, 2.24) is 15.6 Å². The zero-order valence-electron chi connectivity index (χ0n) is 22.5. The molecule has 2 atom stereocenters. The minimum Gasteiger partial charge on any atom is -0.472 e. The number of aromatic nitrogens is 1. The Balaban J connectivity index is 1.78. The highest BCUT2D eigenvalue weighted by Gasteiger charge is 2.32. The lowest BCUT2D eigenvalue weighted by atomic mass is 9.87. The van der Waals surface area contributed by atoms with E-state index in [0.29, 0.717) is 0 Å². The van der Waals surface area contributed by atoms with Gasteiger partial charge in [0, 0.05) is 0 Å². The number of hydrogen-bond donors (Lipinski definition) is 4. The van der Waals surface area contributed by atoms with Crippen LogP contribution in [0.5, 0.6) is 0 Å². The smallest absolute Gasteiger partial charge is 0.271 e. The number of carbonyl (C=O) groups excluding carboxylic acids is 3. The average molecular weight is 575 g/mol. The third kappa shape index (κ3) is 8.78. The van der Waals surface area contributed by atoms with Gasteiger partial charge in [-0.25, -0.2) is 13.4 Å². The number of carbonyl (C=O) groups is 3. The molecular weight excluding hydrogens is 540 g/mol. The highest BCUT2D eigenvalue weighted by atomic mass is 32.2. The number of benzene rings is 1. The molecule has 3 amide bonds. The minimum absolute atomic E-state index is 0.212. The van der Waals surface area contributed by atoms with E-state index in [1.165, 1.54) is 18.6 Å². The predicted octanol–water partition coefficient (Wildman–Crippen LogP) is 1.91. The molecule has 0 bridgehead atoms. The molecule has 12 nitrogen and oxygen atoms in total. The number of nitrogens with zero attached hydrogens (tertiary/aromatic N) is 1. The van der Waals surface area contributed by atoms with Crippen molar-refractivity contribution in [1.29, 1.82) is 0 Å². The van der Waals surface area contributed by atoms with Crippen molar-refractivity contribution < 1.29 is 36.7 Å². The van der Waals surface area contributed by atoms with E-state index in [0.717, 1.165) is 5.56 Å². The van der Waals surface area contributed by atoms with Gasteiger partial charge in [-0.05, 0) is 29.9 Å². The molecule has 0 fully saturated rings. The van der Waals surface area contributed by atoms with Gasteiger partial charge in [0.2, 0.25) is 11.8 Å². The molecule has 5 N–H and O–H groups in total. The summed E-state index contributed by atoms with van der Waals surface area (Å²) in [6.45, 7) is 4.97. The Labute approximate surface area is 232 Å². The standard InChI is InChI=1S/C27H34N4O8S/c1-27(2,3)13-19(29-24(34)18-9-11-38-15-18)25(35)30-20(14-32)26-31-22(23(28)33)21(39-26)16-40(36,37)12-10-17-7-5-4-6-8-17/h4-9,11,15,19-20,32H,10,12-14,16H2,1-3H3,(H2,28,33)(H,29,34)(H,30,35)/t19-,20-/m0/s1. The molecule has 3 aromatic rings. The summed E-state index contributed by atoms with van der Waals surface area (Å²) in [5.74, 6) is -3.66. The number of furan rings is 1. The van der Waals surface area contributed by atoms with Crippen molar-refractivity contribution in [3.63, 3.8) is 0 Å². The number of sulfone groups is 1. The molecule has 0 saturated heterocycles. The summed E-state index contributed by atoms with van der Waals surface area (Å²) in [4.78, 5) is 41.8. The summed E-state index contributed by atoms with van der Waals surface area (Å²) < 4.78 is 36.1. The van der Waals surface area contributed by atoms with Gasteiger partial charge >= 0.3 is 0 Å². The minimum atomic E-state index is -3.75. The maximum atomic E-state index is 13.2. The van der Waals surface area contributed by atoms with Crippen LogP contribution in [0, 0.1) is 5.41 Å². The van der Waals surface area contributed by atoms with Crippen LogP contribution in [0.15, 0.2) is 57.8 Å². The van der Waals surface area contributed by atoms with E-state index in [2.05, 4.69) is 15.6 Å². The molecule has 40 heavy (non-hydrogen) atoms. The number of oxazole rings is 1. The third-order valence-corrected chi connectivity index (χ3v) is 7.39. The largest absolute Gasteiger partial charge is 0.472 e. The van der Waals surface area contributed by atoms with Gasteiger partial charge in [0.25, 0.3) is 11.8 Å². The van der Waals surface area contributed by atoms with Crippen molar-refractivity contribution in [2.24, 2.45) is 11.1 Å². The summed E-state index contributed by atoms with van der Waals surface area (Å²) >= 11 is 0. The lowest BCUT2D eigenvalue weighted by Gasteiger charge is -2.27. The molecule has 0 saturated carbocycles. The van der Waals surface area contributed by atoms with Gasteiger partial charge in [0.15, 0.2) is 21.3 Å². The van der Waals surface area contributed by atoms with Crippen LogP contribution in [0.2, 0.25) is 0 Å². The summed E-state index contributed by atoms with van der Waals surface area (Å²) in [7, 11) is -3.75. The molecule has 3 rings (SSSR count). The predicted molar refractivity (Wildman–Crippen MR) is 145 cm³/mol. The zero-order chi connectivity index (χ0) is 29.5. The van der Waals surface area contributed by atoms with Crippen LogP contribution in [0.3, 0.4) is 0 Å². The second-order valence-corrected chi connectivity index (χ2v) is 12.7. The number of nitrogens with two attached hydrogens (primary N) is 1. The van der Waals surface area contributed by atoms with Gasteiger partial charge in [-0.1, -0.05) is 51.1 Å². The van der Waals surface area contributed by atoms with Crippen molar-refractivity contribution in [3.05, 3.63) is 77.4 Å². The lowest BCUT2D eigenvalue weighted by Crippen LogP contribution is -2.49. The van der Waals surface area contributed by atoms with Gasteiger partial charge < -0.3 is 30.3 Å². The Morgan fingerprint density at radius 3 is 2.38 bits per heavy atom. The number of amides is 3. The van der Waals surface area contributed by atoms with Crippen LogP contribution in [0.1, 0.15) is 71.3 Å². The topological polar surface area (TPSA) is 195 Å². The van der Waals surface area contributed by atoms with Gasteiger partial charge in [-0.2, -0.15) is 0 Å². The Bertz CT molecular complexity index is 1410. The quantitative estimate of drug-likeness (QED) is 0.236. The van der Waals surface area contributed by atoms with Crippen molar-refractivity contribution in [2.75, 3.05) is 12.4 Å². The molecule has 2 heterocycles. The molecule has 0 unspecified atom stereocenters. The summed E-state index contributed by atoms with van der Waals surface area (Å²) in [6, 6.07) is 8.21. The van der Waals surface area contributed by atoms with Crippen molar-refractivity contribution in [2.45, 2.75) is 51.4 Å². The first-order valence-electron chi connectivity index (χ1n) is 12.6. The second kappa shape index (κ2) is 12.9. The SMILES string of the molecule is CC(C)(C)C[C@H](NC(=O)c1ccoc1)C(=O)N[C@@H](CO)c1nc(C(N)=O)c(CS(=O)(=O)CCc2ccccc2)o1. The summed E-state index contributed by atoms with van der Waals surface area (Å²) in [5.41, 5.74) is 5.68. The van der Waals surface area contributed by atoms with Gasteiger partial charge in [0.1, 0.15) is 24.1 Å². The fourth-order valence-corrected chi connectivity index (χ4v) is 5.20. The van der Waals surface area contributed by atoms with E-state index >= 15 is 0 Å². The molecule has 2 aromatic heterocycles. The van der Waals surface area contributed by atoms with Crippen LogP contribution < -0.4 is 16.4 Å². The third-order valence-electron chi connectivity index (χ3n) is 5.86. The molecular formula is C27H34N4O8S. The number of primary amides is 1. The van der Waals surface area contributed by atoms with Gasteiger partial charge in [0.05, 0.1) is 24.2 Å². The Morgan fingerprint density at radius 1 is 1.10 bits per heavy atom. The Kier molecular flexibility index (Phi) is 9.88. The molecule has 0 aliphatic carbocycles. The number of aliphatic hydroxyl groups excluding tert-OH is 1. The summed E-state index contributed by atoms with van der Waals surface area (Å²) in [6.07, 6.45) is 3.06. The first kappa shape index (κ1) is 30.6. The maximum absolute atomic E-state index is 13.2. The van der Waals surface area contributed by atoms with Crippen molar-refractivity contribution >= 4 is 27.6 Å². The fraction of sp³-hybridized carbons (Fsp3) is 0.407. The first-order chi connectivity index (χ1) is 18.8. The van der Waals surface area contributed by atoms with E-state index in [4.69, 9.17) is 14.6 Å². The molecule has 216 valence electrons. The van der Waals surface area contributed by atoms with Crippen molar-refractivity contribution in [3.8, 4) is 0 Å². The highest BCUT2D eigenvalue weighted by Crippen LogP contribution is 2.23. The van der Waals surface area contributed by atoms with E-state index < -0.39 is 57.7 Å². The monoisotopic (exact) mass is 574 g/mol. The van der Waals surface area contributed by atoms with Crippen LogP contribution in [-0.2, 0) is 26.8 Å². The highest BCUT2D eigenvalue weighted by molar-refractivity contribution is 7.90. The molecule has 0 aliphatic rings. The molecule has 0 radical (unpaired) electrons. The first-order valence-corrected chi connectivity index (χ1v) is 14.4. The Hall–Kier alpha value is -3.97. The molecule has 13 heteroatoms. The van der Waals surface area contributed by atoms with E-state index in [9.17, 15) is 27.9 Å². The number of aliphatic hydroxyl groups is 1. The normalized spacial score (nSPS) is 13.4. The molecule has 1 aromatic carbocycles. The van der Waals surface area contributed by atoms with Crippen LogP contribution >= 0.6 is 0 Å². The molecule has 0 aliphatic heterocycles. The van der Waals surface area contributed by atoms with E-state index in [1.807, 2.05) is 26.8 Å². The second-order valence-electron chi connectivity index (χ2n) is 10.6. The van der Waals surface area contributed by atoms with Crippen LogP contribution in [0.25, 0.3) is 0 Å². The van der Waals surface area contributed by atoms with Gasteiger partial charge in [-0.15, -0.1) is 0 Å². The molecule has 0 spiro atoms. The van der Waals surface area contributed by atoms with Gasteiger partial charge in [-0.3, -0.25) is 14.4 Å². The van der Waals surface area contributed by atoms with E-state index in [-0.39, 0.29) is 41.2 Å². The zero-order valence-corrected chi connectivity index (χ0v) is 23.4. The lowest BCUT2D eigenvalue weighted by molar-refractivity contribution is -0.125. The Morgan fingerprint density at radius 2 is 1.80 bits per heavy atom. The summed E-state index contributed by atoms with van der Waals surface area (Å²) in [5, 5.41) is 15.2.